The zero-order valence-electron chi connectivity index (χ0n) is 9.80. The van der Waals surface area contributed by atoms with Gasteiger partial charge in [0.15, 0.2) is 0 Å². The summed E-state index contributed by atoms with van der Waals surface area (Å²) in [7, 11) is 0. The molecule has 4 nitrogen and oxygen atoms in total. The molecular formula is C13H16ClNO3. The zero-order valence-corrected chi connectivity index (χ0v) is 10.6. The van der Waals surface area contributed by atoms with Gasteiger partial charge in [-0.3, -0.25) is 0 Å². The monoisotopic (exact) mass is 269 g/mol. The number of nitrogens with zero attached hydrogens (tertiary/aromatic N) is 1. The number of allylic oxidation sites excluding steroid dienone is 5. The van der Waals surface area contributed by atoms with Crippen LogP contribution in [0.2, 0.25) is 0 Å². The van der Waals surface area contributed by atoms with E-state index in [0.717, 1.165) is 13.0 Å². The van der Waals surface area contributed by atoms with Crippen LogP contribution in [-0.2, 0) is 4.79 Å². The fraction of sp³-hybridized carbons (Fsp3) is 0.308. The average molecular weight is 270 g/mol. The topological polar surface area (TPSA) is 72.0 Å². The SMILES string of the molecule is Cl.O.O=C(O)C1=CN2CC=CC3=C2C(CC=C3)C1. The molecule has 0 bridgehead atoms. The number of halogens is 1. The van der Waals surface area contributed by atoms with Gasteiger partial charge in [-0.05, 0) is 18.4 Å². The minimum atomic E-state index is -0.787. The van der Waals surface area contributed by atoms with Gasteiger partial charge in [0.2, 0.25) is 0 Å². The third-order valence-corrected chi connectivity index (χ3v) is 3.36. The molecule has 18 heavy (non-hydrogen) atoms. The summed E-state index contributed by atoms with van der Waals surface area (Å²) in [4.78, 5) is 13.1. The maximum atomic E-state index is 11.0. The molecule has 98 valence electrons. The van der Waals surface area contributed by atoms with Crippen molar-refractivity contribution in [1.82, 2.24) is 4.90 Å². The van der Waals surface area contributed by atoms with E-state index in [1.807, 2.05) is 0 Å². The molecule has 1 atom stereocenters. The molecule has 0 saturated carbocycles. The first-order chi connectivity index (χ1) is 7.75. The molecule has 0 radical (unpaired) electrons. The van der Waals surface area contributed by atoms with Crippen molar-refractivity contribution in [3.8, 4) is 0 Å². The Morgan fingerprint density at radius 1 is 1.33 bits per heavy atom. The van der Waals surface area contributed by atoms with Gasteiger partial charge in [0, 0.05) is 24.4 Å². The quantitative estimate of drug-likeness (QED) is 0.787. The van der Waals surface area contributed by atoms with E-state index in [9.17, 15) is 4.79 Å². The molecule has 5 heteroatoms. The predicted octanol–water partition coefficient (Wildman–Crippen LogP) is 1.66. The number of hydrogen-bond donors (Lipinski definition) is 1. The van der Waals surface area contributed by atoms with Gasteiger partial charge in [0.25, 0.3) is 0 Å². The van der Waals surface area contributed by atoms with Crippen molar-refractivity contribution < 1.29 is 15.4 Å². The zero-order chi connectivity index (χ0) is 11.1. The van der Waals surface area contributed by atoms with Crippen molar-refractivity contribution in [3.63, 3.8) is 0 Å². The van der Waals surface area contributed by atoms with Crippen LogP contribution in [0.1, 0.15) is 12.8 Å². The van der Waals surface area contributed by atoms with Crippen LogP contribution in [-0.4, -0.2) is 28.0 Å². The standard InChI is InChI=1S/C13H13NO2.ClH.H2O/c15-13(16)11-7-10-4-1-3-9-5-2-6-14(8-11)12(9)10;;/h1-3,5,8,10H,4,6-7H2,(H,15,16);1H;1H2. The van der Waals surface area contributed by atoms with Gasteiger partial charge in [0.1, 0.15) is 0 Å². The molecule has 0 spiro atoms. The van der Waals surface area contributed by atoms with Crippen LogP contribution in [0.4, 0.5) is 0 Å². The number of carboxylic acid groups (broad SMARTS) is 1. The molecular weight excluding hydrogens is 254 g/mol. The van der Waals surface area contributed by atoms with Gasteiger partial charge >= 0.3 is 5.97 Å². The highest BCUT2D eigenvalue weighted by atomic mass is 35.5. The Kier molecular flexibility index (Phi) is 4.38. The normalized spacial score (nSPS) is 23.7. The van der Waals surface area contributed by atoms with E-state index in [1.54, 1.807) is 6.20 Å². The summed E-state index contributed by atoms with van der Waals surface area (Å²) in [6.07, 6.45) is 11.9. The molecule has 3 rings (SSSR count). The number of aliphatic carboxylic acids is 1. The van der Waals surface area contributed by atoms with Crippen LogP contribution in [0.15, 0.2) is 47.3 Å². The third kappa shape index (κ3) is 2.21. The molecule has 2 heterocycles. The number of hydrogen-bond acceptors (Lipinski definition) is 2. The van der Waals surface area contributed by atoms with E-state index in [0.29, 0.717) is 17.9 Å². The van der Waals surface area contributed by atoms with E-state index in [2.05, 4.69) is 29.2 Å². The van der Waals surface area contributed by atoms with Crippen molar-refractivity contribution in [2.75, 3.05) is 6.54 Å². The summed E-state index contributed by atoms with van der Waals surface area (Å²) in [6, 6.07) is 0. The summed E-state index contributed by atoms with van der Waals surface area (Å²) >= 11 is 0. The molecule has 0 amide bonds. The Bertz CT molecular complexity index is 473. The van der Waals surface area contributed by atoms with E-state index >= 15 is 0 Å². The Balaban J connectivity index is 0.000000810. The van der Waals surface area contributed by atoms with Gasteiger partial charge < -0.3 is 15.5 Å². The third-order valence-electron chi connectivity index (χ3n) is 3.36. The average Bonchev–Trinajstić information content (AvgIpc) is 2.29. The predicted molar refractivity (Wildman–Crippen MR) is 71.3 cm³/mol. The van der Waals surface area contributed by atoms with E-state index in [1.165, 1.54) is 11.3 Å². The summed E-state index contributed by atoms with van der Waals surface area (Å²) in [5.74, 6) is -0.439. The Hall–Kier alpha value is -1.52. The van der Waals surface area contributed by atoms with E-state index < -0.39 is 5.97 Å². The number of carboxylic acids is 1. The number of rotatable bonds is 1. The fourth-order valence-corrected chi connectivity index (χ4v) is 2.68. The maximum absolute atomic E-state index is 11.0. The lowest BCUT2D eigenvalue weighted by molar-refractivity contribution is -0.133. The minimum Gasteiger partial charge on any atom is -0.478 e. The lowest BCUT2D eigenvalue weighted by atomic mass is 9.82. The van der Waals surface area contributed by atoms with Crippen molar-refractivity contribution in [2.24, 2.45) is 5.92 Å². The summed E-state index contributed by atoms with van der Waals surface area (Å²) in [6.45, 7) is 0.792. The molecule has 0 fully saturated rings. The second-order valence-corrected chi connectivity index (χ2v) is 4.39. The molecule has 0 aromatic rings. The molecule has 2 aliphatic heterocycles. The van der Waals surface area contributed by atoms with Crippen LogP contribution in [0, 0.1) is 5.92 Å². The molecule has 1 aliphatic carbocycles. The number of carbonyl (C=O) groups is 1. The van der Waals surface area contributed by atoms with Crippen LogP contribution in [0.25, 0.3) is 0 Å². The van der Waals surface area contributed by atoms with E-state index in [4.69, 9.17) is 5.11 Å². The summed E-state index contributed by atoms with van der Waals surface area (Å²) < 4.78 is 0. The Morgan fingerprint density at radius 3 is 2.78 bits per heavy atom. The van der Waals surface area contributed by atoms with E-state index in [-0.39, 0.29) is 17.9 Å². The first-order valence-corrected chi connectivity index (χ1v) is 5.53. The van der Waals surface area contributed by atoms with Crippen LogP contribution >= 0.6 is 12.4 Å². The van der Waals surface area contributed by atoms with Gasteiger partial charge in [0.05, 0.1) is 5.57 Å². The highest BCUT2D eigenvalue weighted by Gasteiger charge is 2.31. The second-order valence-electron chi connectivity index (χ2n) is 4.39. The first kappa shape index (κ1) is 14.5. The lowest BCUT2D eigenvalue weighted by Crippen LogP contribution is -2.33. The molecule has 0 saturated heterocycles. The van der Waals surface area contributed by atoms with Crippen molar-refractivity contribution in [2.45, 2.75) is 12.8 Å². The second kappa shape index (κ2) is 5.42. The maximum Gasteiger partial charge on any atom is 0.333 e. The van der Waals surface area contributed by atoms with Gasteiger partial charge in [-0.1, -0.05) is 24.3 Å². The van der Waals surface area contributed by atoms with Crippen LogP contribution in [0.5, 0.6) is 0 Å². The van der Waals surface area contributed by atoms with Crippen LogP contribution < -0.4 is 0 Å². The summed E-state index contributed by atoms with van der Waals surface area (Å²) in [5, 5.41) is 9.08. The largest absolute Gasteiger partial charge is 0.478 e. The van der Waals surface area contributed by atoms with Crippen molar-refractivity contribution in [3.05, 3.63) is 47.3 Å². The minimum absolute atomic E-state index is 0. The molecule has 3 aliphatic rings. The van der Waals surface area contributed by atoms with Gasteiger partial charge in [-0.25, -0.2) is 4.79 Å². The van der Waals surface area contributed by atoms with Crippen molar-refractivity contribution in [1.29, 1.82) is 0 Å². The van der Waals surface area contributed by atoms with Crippen LogP contribution in [0.3, 0.4) is 0 Å². The Morgan fingerprint density at radius 2 is 2.06 bits per heavy atom. The van der Waals surface area contributed by atoms with Gasteiger partial charge in [-0.2, -0.15) is 0 Å². The smallest absolute Gasteiger partial charge is 0.333 e. The fourth-order valence-electron chi connectivity index (χ4n) is 2.68. The highest BCUT2D eigenvalue weighted by Crippen LogP contribution is 2.39. The highest BCUT2D eigenvalue weighted by molar-refractivity contribution is 5.87. The molecule has 1 unspecified atom stereocenters. The molecule has 0 aromatic carbocycles. The lowest BCUT2D eigenvalue weighted by Gasteiger charge is -2.38. The summed E-state index contributed by atoms with van der Waals surface area (Å²) in [5.41, 5.74) is 3.07. The Labute approximate surface area is 112 Å². The molecule has 0 aromatic heterocycles. The van der Waals surface area contributed by atoms with Crippen molar-refractivity contribution >= 4 is 18.4 Å². The van der Waals surface area contributed by atoms with Gasteiger partial charge in [-0.15, -0.1) is 12.4 Å². The molecule has 3 N–H and O–H groups in total. The first-order valence-electron chi connectivity index (χ1n) is 5.53.